The molecule has 1 aromatic carbocycles. The van der Waals surface area contributed by atoms with Crippen molar-refractivity contribution in [1.29, 1.82) is 0 Å². The van der Waals surface area contributed by atoms with Crippen LogP contribution in [0, 0.1) is 0 Å². The molecule has 1 saturated heterocycles. The zero-order valence-corrected chi connectivity index (χ0v) is 13.3. The van der Waals surface area contributed by atoms with Crippen LogP contribution >= 0.6 is 8.58 Å². The van der Waals surface area contributed by atoms with E-state index in [0.717, 1.165) is 53.5 Å². The quantitative estimate of drug-likeness (QED) is 0.769. The molecule has 1 fully saturated rings. The lowest BCUT2D eigenvalue weighted by Crippen LogP contribution is -2.44. The average molecular weight is 280 g/mol. The zero-order valence-electron chi connectivity index (χ0n) is 12.3. The van der Waals surface area contributed by atoms with Crippen molar-refractivity contribution in [2.24, 2.45) is 0 Å². The van der Waals surface area contributed by atoms with E-state index >= 15 is 0 Å². The van der Waals surface area contributed by atoms with Gasteiger partial charge >= 0.3 is 0 Å². The minimum atomic E-state index is 0.784. The second kappa shape index (κ2) is 7.12. The predicted octanol–water partition coefficient (Wildman–Crippen LogP) is 2.16. The SMILES string of the molecule is CCCOc1ccc(N2CCN(C)CC2)cc1PC. The summed E-state index contributed by atoms with van der Waals surface area (Å²) in [6.07, 6.45) is 1.06. The molecule has 0 N–H and O–H groups in total. The first-order valence-corrected chi connectivity index (χ1v) is 8.62. The van der Waals surface area contributed by atoms with Crippen molar-refractivity contribution in [2.75, 3.05) is 51.4 Å². The molecular formula is C15H25N2OP. The van der Waals surface area contributed by atoms with Gasteiger partial charge in [0.2, 0.25) is 0 Å². The predicted molar refractivity (Wildman–Crippen MR) is 85.8 cm³/mol. The molecule has 106 valence electrons. The highest BCUT2D eigenvalue weighted by atomic mass is 31.1. The van der Waals surface area contributed by atoms with Gasteiger partial charge in [0.05, 0.1) is 6.61 Å². The highest BCUT2D eigenvalue weighted by Gasteiger charge is 2.15. The topological polar surface area (TPSA) is 15.7 Å². The smallest absolute Gasteiger partial charge is 0.126 e. The summed E-state index contributed by atoms with van der Waals surface area (Å²) < 4.78 is 5.82. The third kappa shape index (κ3) is 3.84. The number of anilines is 1. The molecule has 0 aromatic heterocycles. The molecule has 0 aliphatic carbocycles. The Balaban J connectivity index is 2.09. The van der Waals surface area contributed by atoms with E-state index in [-0.39, 0.29) is 0 Å². The van der Waals surface area contributed by atoms with Crippen molar-refractivity contribution in [3.63, 3.8) is 0 Å². The number of hydrogen-bond acceptors (Lipinski definition) is 3. The van der Waals surface area contributed by atoms with Crippen LogP contribution in [-0.2, 0) is 0 Å². The fourth-order valence-corrected chi connectivity index (χ4v) is 3.01. The Bertz CT molecular complexity index is 403. The molecule has 0 radical (unpaired) electrons. The molecule has 1 aromatic rings. The van der Waals surface area contributed by atoms with Crippen LogP contribution < -0.4 is 14.9 Å². The van der Waals surface area contributed by atoms with Gasteiger partial charge in [-0.05, 0) is 38.3 Å². The molecule has 4 heteroatoms. The van der Waals surface area contributed by atoms with Gasteiger partial charge in [0, 0.05) is 37.2 Å². The van der Waals surface area contributed by atoms with Crippen LogP contribution in [0.25, 0.3) is 0 Å². The Morgan fingerprint density at radius 1 is 1.21 bits per heavy atom. The van der Waals surface area contributed by atoms with Crippen molar-refractivity contribution >= 4 is 19.6 Å². The summed E-state index contributed by atoms with van der Waals surface area (Å²) in [6.45, 7) is 9.73. The van der Waals surface area contributed by atoms with Crippen LogP contribution in [0.2, 0.25) is 0 Å². The number of benzene rings is 1. The summed E-state index contributed by atoms with van der Waals surface area (Å²) in [5, 5.41) is 1.35. The van der Waals surface area contributed by atoms with Gasteiger partial charge in [-0.1, -0.05) is 15.5 Å². The van der Waals surface area contributed by atoms with E-state index < -0.39 is 0 Å². The second-order valence-corrected chi connectivity index (χ2v) is 6.11. The van der Waals surface area contributed by atoms with E-state index in [1.807, 2.05) is 0 Å². The number of nitrogens with zero attached hydrogens (tertiary/aromatic N) is 2. The van der Waals surface area contributed by atoms with Gasteiger partial charge in [0.25, 0.3) is 0 Å². The van der Waals surface area contributed by atoms with E-state index in [0.29, 0.717) is 0 Å². The first kappa shape index (κ1) is 14.6. The Labute approximate surface area is 118 Å². The fourth-order valence-electron chi connectivity index (χ4n) is 2.31. The Morgan fingerprint density at radius 2 is 1.95 bits per heavy atom. The van der Waals surface area contributed by atoms with Crippen molar-refractivity contribution in [3.8, 4) is 5.75 Å². The van der Waals surface area contributed by atoms with E-state index in [4.69, 9.17) is 4.74 Å². The molecular weight excluding hydrogens is 255 g/mol. The molecule has 0 saturated carbocycles. The molecule has 2 rings (SSSR count). The van der Waals surface area contributed by atoms with Crippen molar-refractivity contribution in [3.05, 3.63) is 18.2 Å². The van der Waals surface area contributed by atoms with Crippen molar-refractivity contribution < 1.29 is 4.74 Å². The molecule has 3 nitrogen and oxygen atoms in total. The lowest BCUT2D eigenvalue weighted by Gasteiger charge is -2.34. The fraction of sp³-hybridized carbons (Fsp3) is 0.600. The standard InChI is InChI=1S/C15H25N2OP/c1-4-11-18-14-6-5-13(12-15(14)19-3)17-9-7-16(2)8-10-17/h5-6,12,19H,4,7-11H2,1-3H3. The molecule has 0 spiro atoms. The van der Waals surface area contributed by atoms with Crippen molar-refractivity contribution in [2.45, 2.75) is 13.3 Å². The average Bonchev–Trinajstić information content (AvgIpc) is 2.46. The Morgan fingerprint density at radius 3 is 2.58 bits per heavy atom. The molecule has 1 unspecified atom stereocenters. The lowest BCUT2D eigenvalue weighted by atomic mass is 10.2. The summed E-state index contributed by atoms with van der Waals surface area (Å²) in [5.74, 6) is 1.07. The molecule has 1 aliphatic heterocycles. The maximum absolute atomic E-state index is 5.82. The van der Waals surface area contributed by atoms with E-state index in [1.54, 1.807) is 0 Å². The van der Waals surface area contributed by atoms with Gasteiger partial charge in [-0.3, -0.25) is 0 Å². The second-order valence-electron chi connectivity index (χ2n) is 5.07. The largest absolute Gasteiger partial charge is 0.493 e. The third-order valence-corrected chi connectivity index (χ3v) is 4.49. The van der Waals surface area contributed by atoms with Gasteiger partial charge < -0.3 is 14.5 Å². The zero-order chi connectivity index (χ0) is 13.7. The van der Waals surface area contributed by atoms with Gasteiger partial charge in [-0.15, -0.1) is 0 Å². The van der Waals surface area contributed by atoms with E-state index in [2.05, 4.69) is 48.6 Å². The van der Waals surface area contributed by atoms with Crippen LogP contribution in [0.15, 0.2) is 18.2 Å². The molecule has 1 atom stereocenters. The third-order valence-electron chi connectivity index (χ3n) is 3.56. The Kier molecular flexibility index (Phi) is 5.47. The molecule has 1 aliphatic rings. The van der Waals surface area contributed by atoms with Gasteiger partial charge in [-0.25, -0.2) is 0 Å². The molecule has 1 heterocycles. The summed E-state index contributed by atoms with van der Waals surface area (Å²) in [4.78, 5) is 4.87. The number of ether oxygens (including phenoxy) is 1. The highest BCUT2D eigenvalue weighted by Crippen LogP contribution is 2.24. The molecule has 19 heavy (non-hydrogen) atoms. The first-order valence-electron chi connectivity index (χ1n) is 7.12. The number of likely N-dealkylation sites (N-methyl/N-ethyl adjacent to an activating group) is 1. The maximum atomic E-state index is 5.82. The monoisotopic (exact) mass is 280 g/mol. The minimum Gasteiger partial charge on any atom is -0.493 e. The highest BCUT2D eigenvalue weighted by molar-refractivity contribution is 7.46. The van der Waals surface area contributed by atoms with Crippen LogP contribution in [0.3, 0.4) is 0 Å². The number of rotatable bonds is 5. The summed E-state index contributed by atoms with van der Waals surface area (Å²) >= 11 is 0. The normalized spacial score (nSPS) is 17.3. The molecule has 0 amide bonds. The van der Waals surface area contributed by atoms with Crippen LogP contribution in [0.4, 0.5) is 5.69 Å². The Hall–Kier alpha value is -0.790. The van der Waals surface area contributed by atoms with Crippen LogP contribution in [-0.4, -0.2) is 51.4 Å². The van der Waals surface area contributed by atoms with Gasteiger partial charge in [0.1, 0.15) is 5.75 Å². The van der Waals surface area contributed by atoms with Gasteiger partial charge in [-0.2, -0.15) is 0 Å². The van der Waals surface area contributed by atoms with E-state index in [9.17, 15) is 0 Å². The van der Waals surface area contributed by atoms with Crippen LogP contribution in [0.5, 0.6) is 5.75 Å². The summed E-state index contributed by atoms with van der Waals surface area (Å²) in [6, 6.07) is 6.67. The number of piperazine rings is 1. The maximum Gasteiger partial charge on any atom is 0.126 e. The van der Waals surface area contributed by atoms with Crippen molar-refractivity contribution in [1.82, 2.24) is 4.90 Å². The van der Waals surface area contributed by atoms with Crippen LogP contribution in [0.1, 0.15) is 13.3 Å². The molecule has 0 bridgehead atoms. The number of hydrogen-bond donors (Lipinski definition) is 0. The summed E-state index contributed by atoms with van der Waals surface area (Å²) in [7, 11) is 2.98. The summed E-state index contributed by atoms with van der Waals surface area (Å²) in [5.41, 5.74) is 1.35. The van der Waals surface area contributed by atoms with Gasteiger partial charge in [0.15, 0.2) is 0 Å². The minimum absolute atomic E-state index is 0.784. The van der Waals surface area contributed by atoms with E-state index in [1.165, 1.54) is 11.0 Å². The lowest BCUT2D eigenvalue weighted by molar-refractivity contribution is 0.312. The first-order chi connectivity index (χ1) is 9.24.